The molecule has 0 fully saturated rings. The highest BCUT2D eigenvalue weighted by Crippen LogP contribution is 2.23. The number of aromatic nitrogens is 1. The lowest BCUT2D eigenvalue weighted by molar-refractivity contribution is -0.384. The Labute approximate surface area is 217 Å². The van der Waals surface area contributed by atoms with E-state index in [1.807, 2.05) is 30.3 Å². The second kappa shape index (κ2) is 11.1. The molecule has 0 saturated carbocycles. The number of hydrogen-bond donors (Lipinski definition) is 0. The summed E-state index contributed by atoms with van der Waals surface area (Å²) in [4.78, 5) is 28.4. The van der Waals surface area contributed by atoms with E-state index in [-0.39, 0.29) is 22.7 Å². The molecule has 0 saturated heterocycles. The van der Waals surface area contributed by atoms with Gasteiger partial charge >= 0.3 is 0 Å². The van der Waals surface area contributed by atoms with Crippen LogP contribution in [-0.4, -0.2) is 48.9 Å². The number of non-ortho nitro benzene ring substituents is 1. The second-order valence-corrected chi connectivity index (χ2v) is 11.2. The lowest BCUT2D eigenvalue weighted by atomic mass is 10.2. The first-order chi connectivity index (χ1) is 17.7. The van der Waals surface area contributed by atoms with Gasteiger partial charge in [0.15, 0.2) is 4.80 Å². The molecule has 3 aromatic carbocycles. The van der Waals surface area contributed by atoms with Crippen LogP contribution in [0.2, 0.25) is 0 Å². The fourth-order valence-corrected chi connectivity index (χ4v) is 5.88. The third kappa shape index (κ3) is 5.83. The summed E-state index contributed by atoms with van der Waals surface area (Å²) < 4.78 is 34.8. The molecule has 1 amide bonds. The summed E-state index contributed by atoms with van der Waals surface area (Å²) in [5.41, 5.74) is 1.58. The van der Waals surface area contributed by atoms with Gasteiger partial charge in [-0.25, -0.2) is 8.42 Å². The summed E-state index contributed by atoms with van der Waals surface area (Å²) in [6, 6.07) is 19.3. The smallest absolute Gasteiger partial charge is 0.279 e. The van der Waals surface area contributed by atoms with Crippen LogP contribution in [0, 0.1) is 10.1 Å². The quantitative estimate of drug-likeness (QED) is 0.235. The summed E-state index contributed by atoms with van der Waals surface area (Å²) in [5.74, 6) is -0.561. The molecule has 0 spiro atoms. The number of sulfonamides is 1. The van der Waals surface area contributed by atoms with Crippen LogP contribution in [0.1, 0.15) is 15.9 Å². The number of ether oxygens (including phenoxy) is 1. The number of hydrogen-bond acceptors (Lipinski definition) is 7. The summed E-state index contributed by atoms with van der Waals surface area (Å²) in [7, 11) is -0.728. The number of carbonyl (C=O) groups is 1. The van der Waals surface area contributed by atoms with Crippen molar-refractivity contribution in [1.82, 2.24) is 8.87 Å². The average molecular weight is 541 g/mol. The van der Waals surface area contributed by atoms with E-state index in [4.69, 9.17) is 4.74 Å². The zero-order chi connectivity index (χ0) is 26.6. The Hall–Kier alpha value is -3.71. The first-order valence-electron chi connectivity index (χ1n) is 11.2. The molecule has 4 aromatic rings. The van der Waals surface area contributed by atoms with Gasteiger partial charge in [-0.2, -0.15) is 9.30 Å². The molecule has 0 bridgehead atoms. The van der Waals surface area contributed by atoms with E-state index in [9.17, 15) is 23.3 Å². The molecule has 4 rings (SSSR count). The average Bonchev–Trinajstić information content (AvgIpc) is 3.23. The number of methoxy groups -OCH3 is 1. The van der Waals surface area contributed by atoms with Gasteiger partial charge in [0, 0.05) is 44.9 Å². The predicted molar refractivity (Wildman–Crippen MR) is 140 cm³/mol. The van der Waals surface area contributed by atoms with Crippen LogP contribution in [-0.2, 0) is 27.8 Å². The Morgan fingerprint density at radius 3 is 2.46 bits per heavy atom. The minimum Gasteiger partial charge on any atom is -0.383 e. The van der Waals surface area contributed by atoms with E-state index in [1.165, 1.54) is 66.2 Å². The minimum absolute atomic E-state index is 0.0619. The Balaban J connectivity index is 1.62. The molecule has 10 nitrogen and oxygen atoms in total. The van der Waals surface area contributed by atoms with Crippen molar-refractivity contribution in [3.8, 4) is 0 Å². The molecule has 0 aliphatic carbocycles. The summed E-state index contributed by atoms with van der Waals surface area (Å²) in [5, 5.41) is 11.2. The molecule has 0 aliphatic rings. The van der Waals surface area contributed by atoms with Crippen LogP contribution in [0.4, 0.5) is 5.69 Å². The minimum atomic E-state index is -3.76. The zero-order valence-corrected chi connectivity index (χ0v) is 21.7. The fraction of sp³-hybridized carbons (Fsp3) is 0.200. The maximum absolute atomic E-state index is 13.0. The molecule has 12 heteroatoms. The molecule has 0 atom stereocenters. The van der Waals surface area contributed by atoms with Crippen LogP contribution >= 0.6 is 11.3 Å². The van der Waals surface area contributed by atoms with Crippen LogP contribution in [0.15, 0.2) is 82.7 Å². The van der Waals surface area contributed by atoms with Gasteiger partial charge in [0.2, 0.25) is 10.0 Å². The molecular formula is C25H24N4O6S2. The second-order valence-electron chi connectivity index (χ2n) is 8.13. The number of carbonyl (C=O) groups excluding carboxylic acids is 1. The van der Waals surface area contributed by atoms with E-state index in [2.05, 4.69) is 4.99 Å². The normalized spacial score (nSPS) is 12.4. The van der Waals surface area contributed by atoms with Crippen molar-refractivity contribution in [3.63, 3.8) is 0 Å². The standard InChI is InChI=1S/C25H24N4O6S2/c1-27(17-18-6-4-3-5-7-18)37(33,34)21-11-8-19(9-12-21)24(30)26-25-28(14-15-35-2)22-16-20(29(31)32)10-13-23(22)36-25/h3-13,16H,14-15,17H2,1-2H3. The van der Waals surface area contributed by atoms with Gasteiger partial charge in [-0.1, -0.05) is 41.7 Å². The van der Waals surface area contributed by atoms with Crippen LogP contribution in [0.3, 0.4) is 0 Å². The Morgan fingerprint density at radius 2 is 1.81 bits per heavy atom. The highest BCUT2D eigenvalue weighted by atomic mass is 32.2. The highest BCUT2D eigenvalue weighted by Gasteiger charge is 2.21. The maximum Gasteiger partial charge on any atom is 0.279 e. The van der Waals surface area contributed by atoms with Gasteiger partial charge in [-0.15, -0.1) is 0 Å². The van der Waals surface area contributed by atoms with Crippen LogP contribution in [0.25, 0.3) is 10.2 Å². The van der Waals surface area contributed by atoms with Gasteiger partial charge in [0.1, 0.15) is 0 Å². The van der Waals surface area contributed by atoms with Gasteiger partial charge in [-0.3, -0.25) is 14.9 Å². The SMILES string of the molecule is COCCn1c(=NC(=O)c2ccc(S(=O)(=O)N(C)Cc3ccccc3)cc2)sc2ccc([N+](=O)[O-])cc21. The van der Waals surface area contributed by atoms with E-state index in [1.54, 1.807) is 10.6 Å². The predicted octanol–water partition coefficient (Wildman–Crippen LogP) is 3.82. The number of rotatable bonds is 9. The third-order valence-electron chi connectivity index (χ3n) is 5.65. The number of nitrogens with zero attached hydrogens (tertiary/aromatic N) is 4. The molecule has 192 valence electrons. The van der Waals surface area contributed by atoms with Gasteiger partial charge in [0.05, 0.1) is 26.6 Å². The number of nitro benzene ring substituents is 1. The van der Waals surface area contributed by atoms with Crippen LogP contribution in [0.5, 0.6) is 0 Å². The lowest BCUT2D eigenvalue weighted by Gasteiger charge is -2.17. The third-order valence-corrected chi connectivity index (χ3v) is 8.53. The van der Waals surface area contributed by atoms with Gasteiger partial charge in [0.25, 0.3) is 11.6 Å². The van der Waals surface area contributed by atoms with Crippen molar-refractivity contribution in [2.45, 2.75) is 18.0 Å². The van der Waals surface area contributed by atoms with Crippen molar-refractivity contribution < 1.29 is 22.9 Å². The maximum atomic E-state index is 13.0. The molecule has 1 heterocycles. The molecule has 0 aliphatic heterocycles. The summed E-state index contributed by atoms with van der Waals surface area (Å²) in [6.07, 6.45) is 0. The number of thiazole rings is 1. The topological polar surface area (TPSA) is 124 Å². The van der Waals surface area contributed by atoms with Crippen molar-refractivity contribution in [2.75, 3.05) is 20.8 Å². The molecule has 37 heavy (non-hydrogen) atoms. The monoisotopic (exact) mass is 540 g/mol. The van der Waals surface area contributed by atoms with E-state index < -0.39 is 20.9 Å². The van der Waals surface area contributed by atoms with Crippen LogP contribution < -0.4 is 4.80 Å². The Bertz CT molecular complexity index is 1610. The number of fused-ring (bicyclic) bond motifs is 1. The molecular weight excluding hydrogens is 516 g/mol. The largest absolute Gasteiger partial charge is 0.383 e. The van der Waals surface area contributed by atoms with Crippen molar-refractivity contribution in [1.29, 1.82) is 0 Å². The first-order valence-corrected chi connectivity index (χ1v) is 13.4. The lowest BCUT2D eigenvalue weighted by Crippen LogP contribution is -2.26. The Morgan fingerprint density at radius 1 is 1.11 bits per heavy atom. The van der Waals surface area contributed by atoms with Crippen molar-refractivity contribution in [3.05, 3.63) is 98.8 Å². The number of nitro groups is 1. The van der Waals surface area contributed by atoms with Gasteiger partial charge < -0.3 is 9.30 Å². The molecule has 0 N–H and O–H groups in total. The van der Waals surface area contributed by atoms with Crippen molar-refractivity contribution >= 4 is 43.2 Å². The highest BCUT2D eigenvalue weighted by molar-refractivity contribution is 7.89. The molecule has 0 unspecified atom stereocenters. The van der Waals surface area contributed by atoms with Gasteiger partial charge in [-0.05, 0) is 35.9 Å². The summed E-state index contributed by atoms with van der Waals surface area (Å²) >= 11 is 1.22. The fourth-order valence-electron chi connectivity index (χ4n) is 3.68. The Kier molecular flexibility index (Phi) is 7.93. The first kappa shape index (κ1) is 26.4. The molecule has 0 radical (unpaired) electrons. The zero-order valence-electron chi connectivity index (χ0n) is 20.1. The van der Waals surface area contributed by atoms with E-state index in [0.29, 0.717) is 23.5 Å². The number of amides is 1. The van der Waals surface area contributed by atoms with Crippen molar-refractivity contribution in [2.24, 2.45) is 4.99 Å². The molecule has 1 aromatic heterocycles. The number of benzene rings is 3. The van der Waals surface area contributed by atoms with E-state index >= 15 is 0 Å². The van der Waals surface area contributed by atoms with E-state index in [0.717, 1.165) is 10.3 Å². The summed E-state index contributed by atoms with van der Waals surface area (Å²) in [6.45, 7) is 0.873.